The van der Waals surface area contributed by atoms with E-state index >= 15 is 0 Å². The van der Waals surface area contributed by atoms with Crippen molar-refractivity contribution in [1.29, 1.82) is 0 Å². The molecule has 0 spiro atoms. The van der Waals surface area contributed by atoms with Gasteiger partial charge in [-0.3, -0.25) is 0 Å². The molecule has 3 unspecified atom stereocenters. The van der Waals surface area contributed by atoms with Gasteiger partial charge < -0.3 is 21.3 Å². The fourth-order valence-corrected chi connectivity index (χ4v) is 0.838. The van der Waals surface area contributed by atoms with Gasteiger partial charge in [-0.25, -0.2) is 10.9 Å². The van der Waals surface area contributed by atoms with E-state index in [9.17, 15) is 0 Å². The van der Waals surface area contributed by atoms with Crippen LogP contribution in [0, 0.1) is 0 Å². The summed E-state index contributed by atoms with van der Waals surface area (Å²) in [7, 11) is 0. The van der Waals surface area contributed by atoms with E-state index in [1.807, 2.05) is 0 Å². The molecule has 0 radical (unpaired) electrons. The van der Waals surface area contributed by atoms with E-state index in [4.69, 9.17) is 21.3 Å². The standard InChI is InChI=1S/C5H14N4O2/c6-1-4-8-9-5(11-4)3(7)2-10/h3-5,8-10H,1-2,6-7H2. The average molecular weight is 162 g/mol. The van der Waals surface area contributed by atoms with Gasteiger partial charge in [-0.15, -0.1) is 0 Å². The van der Waals surface area contributed by atoms with E-state index in [1.54, 1.807) is 0 Å². The average Bonchev–Trinajstić information content (AvgIpc) is 2.50. The third-order valence-electron chi connectivity index (χ3n) is 1.51. The largest absolute Gasteiger partial charge is 0.395 e. The first-order chi connectivity index (χ1) is 5.27. The van der Waals surface area contributed by atoms with Crippen molar-refractivity contribution in [3.8, 4) is 0 Å². The molecule has 1 aliphatic heterocycles. The Morgan fingerprint density at radius 2 is 2.27 bits per heavy atom. The predicted molar refractivity (Wildman–Crippen MR) is 39.0 cm³/mol. The predicted octanol–water partition coefficient (Wildman–Crippen LogP) is -2.96. The summed E-state index contributed by atoms with van der Waals surface area (Å²) in [5.74, 6) is 0. The highest BCUT2D eigenvalue weighted by Gasteiger charge is 2.27. The molecule has 6 heteroatoms. The minimum absolute atomic E-state index is 0.114. The molecule has 0 aromatic carbocycles. The van der Waals surface area contributed by atoms with Gasteiger partial charge >= 0.3 is 0 Å². The van der Waals surface area contributed by atoms with E-state index in [0.29, 0.717) is 6.54 Å². The van der Waals surface area contributed by atoms with Gasteiger partial charge in [-0.1, -0.05) is 0 Å². The van der Waals surface area contributed by atoms with E-state index < -0.39 is 6.04 Å². The van der Waals surface area contributed by atoms with Gasteiger partial charge in [0.1, 0.15) is 12.5 Å². The van der Waals surface area contributed by atoms with Crippen molar-refractivity contribution >= 4 is 0 Å². The van der Waals surface area contributed by atoms with Crippen LogP contribution in [0.4, 0.5) is 0 Å². The molecule has 11 heavy (non-hydrogen) atoms. The van der Waals surface area contributed by atoms with E-state index in [1.165, 1.54) is 0 Å². The number of nitrogens with one attached hydrogen (secondary N) is 2. The second-order valence-electron chi connectivity index (χ2n) is 2.42. The Bertz CT molecular complexity index is 123. The highest BCUT2D eigenvalue weighted by Crippen LogP contribution is 2.01. The van der Waals surface area contributed by atoms with Crippen molar-refractivity contribution in [2.45, 2.75) is 18.5 Å². The topological polar surface area (TPSA) is 106 Å². The van der Waals surface area contributed by atoms with Gasteiger partial charge in [0.2, 0.25) is 0 Å². The first-order valence-electron chi connectivity index (χ1n) is 3.51. The number of aliphatic hydroxyl groups is 1. The van der Waals surface area contributed by atoms with Gasteiger partial charge in [0, 0.05) is 6.54 Å². The summed E-state index contributed by atoms with van der Waals surface area (Å²) in [4.78, 5) is 0. The molecule has 0 aliphatic carbocycles. The zero-order valence-electron chi connectivity index (χ0n) is 6.16. The van der Waals surface area contributed by atoms with Crippen LogP contribution in [0.1, 0.15) is 0 Å². The lowest BCUT2D eigenvalue weighted by Gasteiger charge is -2.15. The Morgan fingerprint density at radius 3 is 2.73 bits per heavy atom. The summed E-state index contributed by atoms with van der Waals surface area (Å²) in [6, 6.07) is -0.418. The molecular formula is C5H14N4O2. The number of hydrazine groups is 1. The summed E-state index contributed by atoms with van der Waals surface area (Å²) < 4.78 is 5.23. The maximum absolute atomic E-state index is 8.65. The first kappa shape index (κ1) is 8.85. The third kappa shape index (κ3) is 2.09. The molecular weight excluding hydrogens is 148 g/mol. The number of rotatable bonds is 3. The monoisotopic (exact) mass is 162 g/mol. The van der Waals surface area contributed by atoms with Crippen LogP contribution >= 0.6 is 0 Å². The molecule has 66 valence electrons. The van der Waals surface area contributed by atoms with Crippen molar-refractivity contribution in [2.75, 3.05) is 13.2 Å². The lowest BCUT2D eigenvalue weighted by molar-refractivity contribution is 0.0143. The van der Waals surface area contributed by atoms with Crippen molar-refractivity contribution in [2.24, 2.45) is 11.5 Å². The summed E-state index contributed by atoms with van der Waals surface area (Å²) in [5, 5.41) is 8.65. The lowest BCUT2D eigenvalue weighted by atomic mass is 10.3. The fourth-order valence-electron chi connectivity index (χ4n) is 0.838. The zero-order chi connectivity index (χ0) is 8.27. The molecule has 7 N–H and O–H groups in total. The van der Waals surface area contributed by atoms with Crippen LogP contribution in [0.2, 0.25) is 0 Å². The SMILES string of the molecule is NCC1NNC(C(N)CO)O1. The second kappa shape index (κ2) is 3.96. The molecule has 0 aromatic heterocycles. The second-order valence-corrected chi connectivity index (χ2v) is 2.42. The van der Waals surface area contributed by atoms with Gasteiger partial charge in [-0.05, 0) is 0 Å². The number of ether oxygens (including phenoxy) is 1. The van der Waals surface area contributed by atoms with Crippen LogP contribution < -0.4 is 22.3 Å². The summed E-state index contributed by atoms with van der Waals surface area (Å²) in [5.41, 5.74) is 16.3. The first-order valence-corrected chi connectivity index (χ1v) is 3.51. The minimum Gasteiger partial charge on any atom is -0.395 e. The van der Waals surface area contributed by atoms with E-state index in [2.05, 4.69) is 10.9 Å². The minimum atomic E-state index is -0.418. The Labute approximate surface area is 64.9 Å². The van der Waals surface area contributed by atoms with Crippen LogP contribution in [0.5, 0.6) is 0 Å². The molecule has 0 aromatic rings. The Morgan fingerprint density at radius 1 is 1.55 bits per heavy atom. The molecule has 1 rings (SSSR count). The van der Waals surface area contributed by atoms with Gasteiger partial charge in [0.15, 0.2) is 0 Å². The van der Waals surface area contributed by atoms with Gasteiger partial charge in [0.05, 0.1) is 12.6 Å². The number of hydrogen-bond donors (Lipinski definition) is 5. The van der Waals surface area contributed by atoms with Crippen LogP contribution in [0.15, 0.2) is 0 Å². The highest BCUT2D eigenvalue weighted by molar-refractivity contribution is 4.75. The maximum Gasteiger partial charge on any atom is 0.140 e. The van der Waals surface area contributed by atoms with Crippen LogP contribution in [0.3, 0.4) is 0 Å². The molecule has 6 nitrogen and oxygen atoms in total. The molecule has 0 amide bonds. The van der Waals surface area contributed by atoms with Crippen molar-refractivity contribution in [3.63, 3.8) is 0 Å². The van der Waals surface area contributed by atoms with Crippen molar-refractivity contribution < 1.29 is 9.84 Å². The smallest absolute Gasteiger partial charge is 0.140 e. The number of hydrogen-bond acceptors (Lipinski definition) is 6. The van der Waals surface area contributed by atoms with Crippen molar-refractivity contribution in [3.05, 3.63) is 0 Å². The molecule has 1 aliphatic rings. The Hall–Kier alpha value is -0.240. The van der Waals surface area contributed by atoms with Crippen LogP contribution in [-0.2, 0) is 4.74 Å². The summed E-state index contributed by atoms with van der Waals surface area (Å²) >= 11 is 0. The summed E-state index contributed by atoms with van der Waals surface area (Å²) in [6.45, 7) is 0.262. The Kier molecular flexibility index (Phi) is 3.18. The molecule has 3 atom stereocenters. The zero-order valence-corrected chi connectivity index (χ0v) is 6.16. The Balaban J connectivity index is 2.29. The molecule has 1 saturated heterocycles. The molecule has 1 fully saturated rings. The van der Waals surface area contributed by atoms with E-state index in [0.717, 1.165) is 0 Å². The maximum atomic E-state index is 8.65. The van der Waals surface area contributed by atoms with Crippen molar-refractivity contribution in [1.82, 2.24) is 10.9 Å². The van der Waals surface area contributed by atoms with Gasteiger partial charge in [0.25, 0.3) is 0 Å². The van der Waals surface area contributed by atoms with Crippen LogP contribution in [-0.4, -0.2) is 36.8 Å². The quantitative estimate of drug-likeness (QED) is 0.304. The molecule has 1 heterocycles. The third-order valence-corrected chi connectivity index (χ3v) is 1.51. The molecule has 0 bridgehead atoms. The normalized spacial score (nSPS) is 34.1. The fraction of sp³-hybridized carbons (Fsp3) is 1.00. The number of nitrogens with two attached hydrogens (primary N) is 2. The highest BCUT2D eigenvalue weighted by atomic mass is 16.6. The number of aliphatic hydroxyl groups excluding tert-OH is 1. The lowest BCUT2D eigenvalue weighted by Crippen LogP contribution is -2.46. The van der Waals surface area contributed by atoms with E-state index in [-0.39, 0.29) is 19.1 Å². The van der Waals surface area contributed by atoms with Crippen LogP contribution in [0.25, 0.3) is 0 Å². The summed E-state index contributed by atoms with van der Waals surface area (Å²) in [6.07, 6.45) is -0.564. The van der Waals surface area contributed by atoms with Gasteiger partial charge in [-0.2, -0.15) is 0 Å². The molecule has 0 saturated carbocycles.